The van der Waals surface area contributed by atoms with E-state index in [0.29, 0.717) is 23.9 Å². The van der Waals surface area contributed by atoms with Gasteiger partial charge in [0.15, 0.2) is 5.11 Å². The summed E-state index contributed by atoms with van der Waals surface area (Å²) in [7, 11) is 0. The normalized spacial score (nSPS) is 12.4. The Hall–Kier alpha value is -2.12. The molecule has 7 heteroatoms. The first-order valence-electron chi connectivity index (χ1n) is 8.74. The lowest BCUT2D eigenvalue weighted by Gasteiger charge is -2.12. The Morgan fingerprint density at radius 3 is 2.62 bits per heavy atom. The summed E-state index contributed by atoms with van der Waals surface area (Å²) < 4.78 is 10.7. The number of hydrogen-bond donors (Lipinski definition) is 2. The van der Waals surface area contributed by atoms with Gasteiger partial charge in [-0.15, -0.1) is 11.3 Å². The van der Waals surface area contributed by atoms with E-state index in [1.807, 2.05) is 38.1 Å². The maximum Gasteiger partial charge on any atom is 0.341 e. The second kappa shape index (κ2) is 8.51. The number of nitrogens with one attached hydrogen (secondary N) is 2. The number of thiophene rings is 1. The van der Waals surface area contributed by atoms with Crippen LogP contribution in [0.25, 0.3) is 0 Å². The van der Waals surface area contributed by atoms with Crippen molar-refractivity contribution in [1.82, 2.24) is 0 Å². The third-order valence-corrected chi connectivity index (χ3v) is 5.46. The third-order valence-electron chi connectivity index (χ3n) is 4.05. The first kappa shape index (κ1) is 18.7. The summed E-state index contributed by atoms with van der Waals surface area (Å²) in [5.41, 5.74) is 2.60. The van der Waals surface area contributed by atoms with Crippen molar-refractivity contribution in [1.29, 1.82) is 0 Å². The van der Waals surface area contributed by atoms with Crippen LogP contribution in [0, 0.1) is 0 Å². The lowest BCUT2D eigenvalue weighted by atomic mass is 10.1. The molecule has 0 aliphatic heterocycles. The number of carbonyl (C=O) groups is 1. The van der Waals surface area contributed by atoms with Gasteiger partial charge in [-0.2, -0.15) is 0 Å². The van der Waals surface area contributed by atoms with Gasteiger partial charge in [0.2, 0.25) is 0 Å². The van der Waals surface area contributed by atoms with Gasteiger partial charge in [-0.1, -0.05) is 0 Å². The van der Waals surface area contributed by atoms with Crippen LogP contribution in [0.5, 0.6) is 5.75 Å². The Balaban J connectivity index is 1.72. The molecule has 1 aliphatic carbocycles. The number of fused-ring (bicyclic) bond motifs is 1. The maximum absolute atomic E-state index is 12.4. The highest BCUT2D eigenvalue weighted by atomic mass is 32.1. The molecule has 1 aliphatic rings. The molecule has 0 saturated heterocycles. The molecule has 2 aromatic rings. The molecule has 0 fully saturated rings. The van der Waals surface area contributed by atoms with Crippen LogP contribution in [0.2, 0.25) is 0 Å². The van der Waals surface area contributed by atoms with Crippen molar-refractivity contribution in [3.05, 3.63) is 40.3 Å². The van der Waals surface area contributed by atoms with Crippen molar-refractivity contribution >= 4 is 45.3 Å². The van der Waals surface area contributed by atoms with Gasteiger partial charge in [0.25, 0.3) is 0 Å². The molecule has 0 atom stereocenters. The highest BCUT2D eigenvalue weighted by molar-refractivity contribution is 7.80. The predicted octanol–water partition coefficient (Wildman–Crippen LogP) is 4.62. The van der Waals surface area contributed by atoms with Crippen LogP contribution in [0.3, 0.4) is 0 Å². The minimum Gasteiger partial charge on any atom is -0.494 e. The smallest absolute Gasteiger partial charge is 0.341 e. The number of hydrogen-bond acceptors (Lipinski definition) is 5. The van der Waals surface area contributed by atoms with Crippen LogP contribution in [0.15, 0.2) is 24.3 Å². The second-order valence-electron chi connectivity index (χ2n) is 5.82. The summed E-state index contributed by atoms with van der Waals surface area (Å²) in [5, 5.41) is 7.52. The Morgan fingerprint density at radius 1 is 1.15 bits per heavy atom. The predicted molar refractivity (Wildman–Crippen MR) is 110 cm³/mol. The Labute approximate surface area is 162 Å². The van der Waals surface area contributed by atoms with Crippen LogP contribution in [0.4, 0.5) is 10.7 Å². The first-order chi connectivity index (χ1) is 12.6. The topological polar surface area (TPSA) is 59.6 Å². The number of esters is 1. The van der Waals surface area contributed by atoms with Gasteiger partial charge < -0.3 is 20.1 Å². The van der Waals surface area contributed by atoms with Gasteiger partial charge in [-0.25, -0.2) is 4.79 Å². The first-order valence-corrected chi connectivity index (χ1v) is 9.97. The molecule has 0 unspecified atom stereocenters. The van der Waals surface area contributed by atoms with Crippen molar-refractivity contribution in [3.8, 4) is 5.75 Å². The van der Waals surface area contributed by atoms with Gasteiger partial charge in [-0.3, -0.25) is 0 Å². The van der Waals surface area contributed by atoms with Crippen molar-refractivity contribution in [2.24, 2.45) is 0 Å². The summed E-state index contributed by atoms with van der Waals surface area (Å²) in [6, 6.07) is 7.58. The summed E-state index contributed by atoms with van der Waals surface area (Å²) in [4.78, 5) is 13.6. The highest BCUT2D eigenvalue weighted by Crippen LogP contribution is 2.39. The number of carbonyl (C=O) groups excluding carboxylic acids is 1. The van der Waals surface area contributed by atoms with Crippen LogP contribution in [-0.4, -0.2) is 24.3 Å². The van der Waals surface area contributed by atoms with Crippen molar-refractivity contribution < 1.29 is 14.3 Å². The molecule has 2 N–H and O–H groups in total. The quantitative estimate of drug-likeness (QED) is 0.554. The lowest BCUT2D eigenvalue weighted by Crippen LogP contribution is -2.20. The summed E-state index contributed by atoms with van der Waals surface area (Å²) >= 11 is 7.01. The van der Waals surface area contributed by atoms with Crippen LogP contribution >= 0.6 is 23.6 Å². The highest BCUT2D eigenvalue weighted by Gasteiger charge is 2.27. The molecule has 0 radical (unpaired) electrons. The molecule has 0 bridgehead atoms. The van der Waals surface area contributed by atoms with E-state index in [1.54, 1.807) is 11.3 Å². The molecule has 1 aromatic heterocycles. The molecule has 3 rings (SSSR count). The van der Waals surface area contributed by atoms with Gasteiger partial charge in [-0.05, 0) is 75.2 Å². The SMILES string of the molecule is CCOC(=O)c1c(NC(=S)Nc2ccc(OCC)cc2)sc2c1CCC2. The van der Waals surface area contributed by atoms with Gasteiger partial charge in [0.05, 0.1) is 18.8 Å². The molecule has 0 spiro atoms. The van der Waals surface area contributed by atoms with E-state index in [4.69, 9.17) is 21.7 Å². The summed E-state index contributed by atoms with van der Waals surface area (Å²) in [6.07, 6.45) is 3.01. The molecular formula is C19H22N2O3S2. The van der Waals surface area contributed by atoms with E-state index in [1.165, 1.54) is 4.88 Å². The number of aryl methyl sites for hydroxylation is 1. The fraction of sp³-hybridized carbons (Fsp3) is 0.368. The molecule has 0 amide bonds. The van der Waals surface area contributed by atoms with E-state index >= 15 is 0 Å². The Bertz CT molecular complexity index is 800. The van der Waals surface area contributed by atoms with E-state index in [-0.39, 0.29) is 5.97 Å². The van der Waals surface area contributed by atoms with E-state index in [2.05, 4.69) is 10.6 Å². The van der Waals surface area contributed by atoms with Gasteiger partial charge >= 0.3 is 5.97 Å². The third kappa shape index (κ3) is 4.16. The summed E-state index contributed by atoms with van der Waals surface area (Å²) in [5.74, 6) is 0.537. The molecule has 5 nitrogen and oxygen atoms in total. The molecule has 0 saturated carbocycles. The van der Waals surface area contributed by atoms with E-state index in [0.717, 1.165) is 41.3 Å². The number of anilines is 2. The van der Waals surface area contributed by atoms with E-state index < -0.39 is 0 Å². The largest absolute Gasteiger partial charge is 0.494 e. The molecule has 1 heterocycles. The average molecular weight is 391 g/mol. The van der Waals surface area contributed by atoms with Crippen molar-refractivity contribution in [2.75, 3.05) is 23.8 Å². The van der Waals surface area contributed by atoms with Crippen molar-refractivity contribution in [3.63, 3.8) is 0 Å². The molecular weight excluding hydrogens is 368 g/mol. The molecule has 138 valence electrons. The zero-order valence-electron chi connectivity index (χ0n) is 14.9. The minimum atomic E-state index is -0.279. The van der Waals surface area contributed by atoms with Gasteiger partial charge in [0.1, 0.15) is 10.8 Å². The Kier molecular flexibility index (Phi) is 6.11. The van der Waals surface area contributed by atoms with Crippen LogP contribution in [-0.2, 0) is 17.6 Å². The van der Waals surface area contributed by atoms with Gasteiger partial charge in [0, 0.05) is 10.6 Å². The fourth-order valence-electron chi connectivity index (χ4n) is 2.98. The number of ether oxygens (including phenoxy) is 2. The number of rotatable bonds is 6. The fourth-order valence-corrected chi connectivity index (χ4v) is 4.54. The van der Waals surface area contributed by atoms with Crippen LogP contribution < -0.4 is 15.4 Å². The lowest BCUT2D eigenvalue weighted by molar-refractivity contribution is 0.0527. The average Bonchev–Trinajstić information content (AvgIpc) is 3.17. The second-order valence-corrected chi connectivity index (χ2v) is 7.33. The van der Waals surface area contributed by atoms with E-state index in [9.17, 15) is 4.79 Å². The monoisotopic (exact) mass is 390 g/mol. The Morgan fingerprint density at radius 2 is 1.92 bits per heavy atom. The minimum absolute atomic E-state index is 0.279. The van der Waals surface area contributed by atoms with Crippen molar-refractivity contribution in [2.45, 2.75) is 33.1 Å². The number of benzene rings is 1. The standard InChI is InChI=1S/C19H22N2O3S2/c1-3-23-13-10-8-12(9-11-13)20-19(25)21-17-16(18(22)24-4-2)14-6-5-7-15(14)26-17/h8-11H,3-7H2,1-2H3,(H2,20,21,25). The molecule has 26 heavy (non-hydrogen) atoms. The van der Waals surface area contributed by atoms with Crippen LogP contribution in [0.1, 0.15) is 41.1 Å². The maximum atomic E-state index is 12.4. The zero-order valence-corrected chi connectivity index (χ0v) is 16.5. The summed E-state index contributed by atoms with van der Waals surface area (Å²) in [6.45, 7) is 4.75. The zero-order chi connectivity index (χ0) is 18.5. The number of thiocarbonyl (C=S) groups is 1. The molecule has 1 aromatic carbocycles.